The van der Waals surface area contributed by atoms with Crippen LogP contribution in [0, 0.1) is 6.92 Å². The Balaban J connectivity index is 1.80. The summed E-state index contributed by atoms with van der Waals surface area (Å²) in [6, 6.07) is 14.6. The van der Waals surface area contributed by atoms with E-state index >= 15 is 0 Å². The van der Waals surface area contributed by atoms with E-state index < -0.39 is 5.91 Å². The van der Waals surface area contributed by atoms with Crippen molar-refractivity contribution in [2.24, 2.45) is 5.10 Å². The summed E-state index contributed by atoms with van der Waals surface area (Å²) in [5.74, 6) is -0.391. The van der Waals surface area contributed by atoms with Crippen LogP contribution < -0.4 is 5.43 Å². The number of benzene rings is 2. The third-order valence-electron chi connectivity index (χ3n) is 3.44. The molecule has 4 nitrogen and oxygen atoms in total. The van der Waals surface area contributed by atoms with Gasteiger partial charge in [-0.3, -0.25) is 4.79 Å². The van der Waals surface area contributed by atoms with Gasteiger partial charge in [-0.15, -0.1) is 0 Å². The maximum atomic E-state index is 12.0. The van der Waals surface area contributed by atoms with Crippen LogP contribution in [0.5, 0.6) is 0 Å². The molecule has 0 aliphatic heterocycles. The topological polar surface area (TPSA) is 54.4 Å². The maximum Gasteiger partial charge on any atom is 0.272 e. The molecule has 0 bridgehead atoms. The van der Waals surface area contributed by atoms with E-state index in [0.29, 0.717) is 21.3 Å². The highest BCUT2D eigenvalue weighted by molar-refractivity contribution is 6.34. The Morgan fingerprint density at radius 3 is 2.75 bits per heavy atom. The zero-order valence-electron chi connectivity index (χ0n) is 12.8. The van der Waals surface area contributed by atoms with Gasteiger partial charge in [0.25, 0.3) is 5.91 Å². The van der Waals surface area contributed by atoms with E-state index in [1.165, 1.54) is 6.21 Å². The summed E-state index contributed by atoms with van der Waals surface area (Å²) in [6.07, 6.45) is 1.46. The molecule has 0 aliphatic carbocycles. The first-order valence-electron chi connectivity index (χ1n) is 7.19. The number of carbonyl (C=O) groups is 1. The van der Waals surface area contributed by atoms with Crippen LogP contribution in [0.15, 0.2) is 53.6 Å². The third-order valence-corrected chi connectivity index (χ3v) is 4.07. The van der Waals surface area contributed by atoms with Gasteiger partial charge in [-0.25, -0.2) is 10.4 Å². The van der Waals surface area contributed by atoms with Gasteiger partial charge in [0.1, 0.15) is 5.15 Å². The normalized spacial score (nSPS) is 11.1. The molecule has 0 saturated carbocycles. The van der Waals surface area contributed by atoms with Gasteiger partial charge in [0.15, 0.2) is 0 Å². The minimum Gasteiger partial charge on any atom is -0.267 e. The molecule has 2 aromatic carbocycles. The molecule has 3 aromatic rings. The van der Waals surface area contributed by atoms with Crippen LogP contribution in [0.25, 0.3) is 10.9 Å². The number of carbonyl (C=O) groups excluding carboxylic acids is 1. The largest absolute Gasteiger partial charge is 0.272 e. The fourth-order valence-corrected chi connectivity index (χ4v) is 2.64. The summed E-state index contributed by atoms with van der Waals surface area (Å²) in [4.78, 5) is 16.4. The highest BCUT2D eigenvalue weighted by atomic mass is 35.5. The van der Waals surface area contributed by atoms with Crippen molar-refractivity contribution in [2.45, 2.75) is 6.92 Å². The molecule has 1 heterocycles. The van der Waals surface area contributed by atoms with Gasteiger partial charge in [0.05, 0.1) is 22.3 Å². The summed E-state index contributed by atoms with van der Waals surface area (Å²) in [5.41, 5.74) is 5.33. The van der Waals surface area contributed by atoms with Gasteiger partial charge in [-0.1, -0.05) is 47.5 Å². The number of rotatable bonds is 3. The van der Waals surface area contributed by atoms with E-state index in [0.717, 1.165) is 16.5 Å². The van der Waals surface area contributed by atoms with Crippen LogP contribution >= 0.6 is 23.2 Å². The summed E-state index contributed by atoms with van der Waals surface area (Å²) in [5, 5.41) is 5.57. The molecule has 24 heavy (non-hydrogen) atoms. The second kappa shape index (κ2) is 6.99. The first kappa shape index (κ1) is 16.4. The Labute approximate surface area is 149 Å². The molecular weight excluding hydrogens is 345 g/mol. The fourth-order valence-electron chi connectivity index (χ4n) is 2.23. The molecule has 1 amide bonds. The Hall–Kier alpha value is -2.43. The summed E-state index contributed by atoms with van der Waals surface area (Å²) in [6.45, 7) is 1.99. The molecule has 6 heteroatoms. The fraction of sp³-hybridized carbons (Fsp3) is 0.0556. The second-order valence-electron chi connectivity index (χ2n) is 5.24. The molecule has 120 valence electrons. The van der Waals surface area contributed by atoms with Gasteiger partial charge in [0.2, 0.25) is 0 Å². The lowest BCUT2D eigenvalue weighted by Gasteiger charge is -2.04. The predicted octanol–water partition coefficient (Wildman–Crippen LogP) is 4.61. The summed E-state index contributed by atoms with van der Waals surface area (Å²) in [7, 11) is 0. The van der Waals surface area contributed by atoms with Crippen molar-refractivity contribution < 1.29 is 4.79 Å². The van der Waals surface area contributed by atoms with Crippen LogP contribution in [-0.4, -0.2) is 17.1 Å². The molecular formula is C18H13Cl2N3O. The first-order chi connectivity index (χ1) is 11.5. The minimum atomic E-state index is -0.391. The van der Waals surface area contributed by atoms with Crippen LogP contribution in [0.2, 0.25) is 10.2 Å². The van der Waals surface area contributed by atoms with Crippen LogP contribution in [0.4, 0.5) is 0 Å². The number of nitrogens with zero attached hydrogens (tertiary/aromatic N) is 2. The van der Waals surface area contributed by atoms with E-state index in [2.05, 4.69) is 15.5 Å². The van der Waals surface area contributed by atoms with Crippen molar-refractivity contribution in [3.63, 3.8) is 0 Å². The molecule has 1 aromatic heterocycles. The molecule has 0 radical (unpaired) electrons. The van der Waals surface area contributed by atoms with Crippen molar-refractivity contribution in [1.29, 1.82) is 0 Å². The predicted molar refractivity (Wildman–Crippen MR) is 98.0 cm³/mol. The number of hydrogen-bond acceptors (Lipinski definition) is 3. The number of hydrogen-bond donors (Lipinski definition) is 1. The molecule has 0 spiro atoms. The van der Waals surface area contributed by atoms with E-state index in [-0.39, 0.29) is 0 Å². The SMILES string of the molecule is Cc1ccc2cc(/C=N\NC(=O)c3ccccc3Cl)c(Cl)nc2c1. The van der Waals surface area contributed by atoms with Crippen molar-refractivity contribution in [1.82, 2.24) is 10.4 Å². The first-order valence-corrected chi connectivity index (χ1v) is 7.95. The Kier molecular flexibility index (Phi) is 4.79. The number of aryl methyl sites for hydroxylation is 1. The highest BCUT2D eigenvalue weighted by Gasteiger charge is 2.08. The number of aromatic nitrogens is 1. The van der Waals surface area contributed by atoms with Gasteiger partial charge >= 0.3 is 0 Å². The quantitative estimate of drug-likeness (QED) is 0.422. The van der Waals surface area contributed by atoms with Crippen molar-refractivity contribution in [2.75, 3.05) is 0 Å². The zero-order chi connectivity index (χ0) is 17.1. The number of amides is 1. The number of hydrazone groups is 1. The van der Waals surface area contributed by atoms with Crippen LogP contribution in [-0.2, 0) is 0 Å². The number of halogens is 2. The molecule has 0 atom stereocenters. The average molecular weight is 358 g/mol. The lowest BCUT2D eigenvalue weighted by Crippen LogP contribution is -2.18. The Bertz CT molecular complexity index is 954. The van der Waals surface area contributed by atoms with E-state index in [9.17, 15) is 4.79 Å². The molecule has 0 fully saturated rings. The van der Waals surface area contributed by atoms with Gasteiger partial charge in [-0.2, -0.15) is 5.10 Å². The van der Waals surface area contributed by atoms with Gasteiger partial charge in [-0.05, 0) is 36.8 Å². The van der Waals surface area contributed by atoms with Gasteiger partial charge in [0, 0.05) is 10.9 Å². The van der Waals surface area contributed by atoms with E-state index in [1.807, 2.05) is 31.2 Å². The minimum absolute atomic E-state index is 0.323. The van der Waals surface area contributed by atoms with Gasteiger partial charge < -0.3 is 0 Å². The van der Waals surface area contributed by atoms with E-state index in [1.54, 1.807) is 24.3 Å². The van der Waals surface area contributed by atoms with Crippen LogP contribution in [0.1, 0.15) is 21.5 Å². The Morgan fingerprint density at radius 2 is 1.96 bits per heavy atom. The molecule has 0 unspecified atom stereocenters. The standard InChI is InChI=1S/C18H13Cl2N3O/c1-11-6-7-12-9-13(17(20)22-16(12)8-11)10-21-23-18(24)14-4-2-3-5-15(14)19/h2-10H,1H3,(H,23,24)/b21-10-. The van der Waals surface area contributed by atoms with Crippen molar-refractivity contribution >= 4 is 46.2 Å². The maximum absolute atomic E-state index is 12.0. The summed E-state index contributed by atoms with van der Waals surface area (Å²) < 4.78 is 0. The number of nitrogens with one attached hydrogen (secondary N) is 1. The number of fused-ring (bicyclic) bond motifs is 1. The second-order valence-corrected chi connectivity index (χ2v) is 6.01. The lowest BCUT2D eigenvalue weighted by molar-refractivity contribution is 0.0955. The molecule has 3 rings (SSSR count). The van der Waals surface area contributed by atoms with Crippen molar-refractivity contribution in [3.8, 4) is 0 Å². The Morgan fingerprint density at radius 1 is 1.17 bits per heavy atom. The lowest BCUT2D eigenvalue weighted by atomic mass is 10.1. The smallest absolute Gasteiger partial charge is 0.267 e. The molecule has 0 saturated heterocycles. The zero-order valence-corrected chi connectivity index (χ0v) is 14.3. The van der Waals surface area contributed by atoms with E-state index in [4.69, 9.17) is 23.2 Å². The monoisotopic (exact) mass is 357 g/mol. The van der Waals surface area contributed by atoms with Crippen molar-refractivity contribution in [3.05, 3.63) is 75.4 Å². The summed E-state index contributed by atoms with van der Waals surface area (Å²) >= 11 is 12.2. The number of pyridine rings is 1. The molecule has 1 N–H and O–H groups in total. The third kappa shape index (κ3) is 3.55. The molecule has 0 aliphatic rings. The average Bonchev–Trinajstić information content (AvgIpc) is 2.55. The highest BCUT2D eigenvalue weighted by Crippen LogP contribution is 2.20. The van der Waals surface area contributed by atoms with Crippen LogP contribution in [0.3, 0.4) is 0 Å².